The number of benzene rings is 1. The SMILES string of the molecule is C=CC=Nc1ccc(N(C)C2=NCCN2)cc1N. The molecule has 0 bridgehead atoms. The molecule has 94 valence electrons. The normalized spacial score (nSPS) is 14.4. The molecule has 18 heavy (non-hydrogen) atoms. The summed E-state index contributed by atoms with van der Waals surface area (Å²) in [7, 11) is 1.96. The number of hydrogen-bond acceptors (Lipinski definition) is 5. The summed E-state index contributed by atoms with van der Waals surface area (Å²) in [5, 5.41) is 3.22. The molecule has 0 spiro atoms. The van der Waals surface area contributed by atoms with Crippen LogP contribution in [0.3, 0.4) is 0 Å². The lowest BCUT2D eigenvalue weighted by molar-refractivity contribution is 0.951. The van der Waals surface area contributed by atoms with E-state index in [2.05, 4.69) is 21.9 Å². The van der Waals surface area contributed by atoms with Gasteiger partial charge in [-0.2, -0.15) is 0 Å². The van der Waals surface area contributed by atoms with Crippen LogP contribution in [0.5, 0.6) is 0 Å². The quantitative estimate of drug-likeness (QED) is 0.625. The first kappa shape index (κ1) is 12.2. The maximum Gasteiger partial charge on any atom is 0.198 e. The van der Waals surface area contributed by atoms with E-state index < -0.39 is 0 Å². The Hall–Kier alpha value is -2.30. The molecule has 0 saturated heterocycles. The van der Waals surface area contributed by atoms with E-state index in [9.17, 15) is 0 Å². The summed E-state index contributed by atoms with van der Waals surface area (Å²) in [6.45, 7) is 5.28. The molecule has 2 rings (SSSR count). The molecular formula is C13H17N5. The highest BCUT2D eigenvalue weighted by atomic mass is 15.3. The van der Waals surface area contributed by atoms with Crippen molar-refractivity contribution in [3.05, 3.63) is 30.9 Å². The molecule has 3 N–H and O–H groups in total. The molecule has 5 heteroatoms. The number of nitrogens with two attached hydrogens (primary N) is 1. The van der Waals surface area contributed by atoms with Gasteiger partial charge in [0.25, 0.3) is 0 Å². The van der Waals surface area contributed by atoms with Crippen LogP contribution in [0.25, 0.3) is 0 Å². The smallest absolute Gasteiger partial charge is 0.198 e. The summed E-state index contributed by atoms with van der Waals surface area (Å²) in [5.74, 6) is 0.872. The first-order chi connectivity index (χ1) is 8.72. The summed E-state index contributed by atoms with van der Waals surface area (Å²) in [4.78, 5) is 10.5. The summed E-state index contributed by atoms with van der Waals surface area (Å²) in [6.07, 6.45) is 3.24. The second-order valence-electron chi connectivity index (χ2n) is 3.95. The molecule has 0 amide bonds. The van der Waals surface area contributed by atoms with E-state index in [-0.39, 0.29) is 0 Å². The van der Waals surface area contributed by atoms with Crippen LogP contribution in [0.1, 0.15) is 0 Å². The van der Waals surface area contributed by atoms with Gasteiger partial charge in [-0.3, -0.25) is 9.98 Å². The molecule has 1 aromatic rings. The van der Waals surface area contributed by atoms with Crippen LogP contribution in [0, 0.1) is 0 Å². The Morgan fingerprint density at radius 3 is 3.00 bits per heavy atom. The van der Waals surface area contributed by atoms with Crippen LogP contribution < -0.4 is 16.0 Å². The van der Waals surface area contributed by atoms with Crippen molar-refractivity contribution < 1.29 is 0 Å². The standard InChI is InChI=1S/C13H17N5/c1-3-6-15-12-5-4-10(9-11(12)14)18(2)13-16-7-8-17-13/h3-6,9H,1,7-8,14H2,2H3,(H,16,17). The number of nitrogens with one attached hydrogen (secondary N) is 1. The maximum atomic E-state index is 5.96. The van der Waals surface area contributed by atoms with Crippen molar-refractivity contribution in [1.82, 2.24) is 5.32 Å². The molecule has 0 saturated carbocycles. The lowest BCUT2D eigenvalue weighted by Gasteiger charge is -2.19. The summed E-state index contributed by atoms with van der Waals surface area (Å²) in [6, 6.07) is 5.74. The van der Waals surface area contributed by atoms with E-state index in [0.29, 0.717) is 5.69 Å². The molecule has 0 unspecified atom stereocenters. The van der Waals surface area contributed by atoms with E-state index >= 15 is 0 Å². The minimum Gasteiger partial charge on any atom is -0.397 e. The number of aliphatic imine (C=N–C) groups is 2. The molecule has 1 aliphatic rings. The molecule has 1 aromatic carbocycles. The van der Waals surface area contributed by atoms with E-state index in [0.717, 1.165) is 30.4 Å². The Bertz CT molecular complexity index is 504. The molecule has 0 fully saturated rings. The lowest BCUT2D eigenvalue weighted by atomic mass is 10.2. The number of allylic oxidation sites excluding steroid dienone is 1. The van der Waals surface area contributed by atoms with E-state index in [1.165, 1.54) is 0 Å². The van der Waals surface area contributed by atoms with Crippen LogP contribution in [-0.2, 0) is 0 Å². The van der Waals surface area contributed by atoms with Crippen molar-refractivity contribution in [3.63, 3.8) is 0 Å². The van der Waals surface area contributed by atoms with Gasteiger partial charge in [-0.1, -0.05) is 12.7 Å². The molecule has 0 radical (unpaired) electrons. The van der Waals surface area contributed by atoms with Crippen molar-refractivity contribution in [1.29, 1.82) is 0 Å². The highest BCUT2D eigenvalue weighted by molar-refractivity contribution is 5.97. The number of nitrogen functional groups attached to an aromatic ring is 1. The molecule has 0 aromatic heterocycles. The summed E-state index contributed by atoms with van der Waals surface area (Å²) >= 11 is 0. The van der Waals surface area contributed by atoms with Gasteiger partial charge in [0, 0.05) is 25.5 Å². The van der Waals surface area contributed by atoms with Gasteiger partial charge in [0.15, 0.2) is 5.96 Å². The maximum absolute atomic E-state index is 5.96. The third kappa shape index (κ3) is 2.51. The molecule has 5 nitrogen and oxygen atoms in total. The van der Waals surface area contributed by atoms with Gasteiger partial charge in [-0.15, -0.1) is 0 Å². The number of hydrogen-bond donors (Lipinski definition) is 2. The summed E-state index contributed by atoms with van der Waals surface area (Å²) in [5.41, 5.74) is 8.33. The zero-order valence-electron chi connectivity index (χ0n) is 10.4. The van der Waals surface area contributed by atoms with E-state index in [1.54, 1.807) is 12.3 Å². The van der Waals surface area contributed by atoms with Gasteiger partial charge >= 0.3 is 0 Å². The van der Waals surface area contributed by atoms with E-state index in [1.807, 2.05) is 30.1 Å². The average molecular weight is 243 g/mol. The first-order valence-electron chi connectivity index (χ1n) is 5.79. The van der Waals surface area contributed by atoms with Gasteiger partial charge in [0.05, 0.1) is 17.9 Å². The van der Waals surface area contributed by atoms with Gasteiger partial charge in [-0.05, 0) is 18.2 Å². The van der Waals surface area contributed by atoms with Crippen molar-refractivity contribution in [2.75, 3.05) is 30.8 Å². The lowest BCUT2D eigenvalue weighted by Crippen LogP contribution is -2.35. The highest BCUT2D eigenvalue weighted by Gasteiger charge is 2.12. The summed E-state index contributed by atoms with van der Waals surface area (Å²) < 4.78 is 0. The number of guanidine groups is 1. The second kappa shape index (κ2) is 5.35. The minimum atomic E-state index is 0.635. The Labute approximate surface area is 107 Å². The second-order valence-corrected chi connectivity index (χ2v) is 3.95. The Balaban J connectivity index is 2.22. The average Bonchev–Trinajstić information content (AvgIpc) is 2.90. The van der Waals surface area contributed by atoms with Crippen LogP contribution in [0.15, 0.2) is 40.8 Å². The Morgan fingerprint density at radius 1 is 1.56 bits per heavy atom. The van der Waals surface area contributed by atoms with Crippen molar-refractivity contribution in [2.45, 2.75) is 0 Å². The van der Waals surface area contributed by atoms with Gasteiger partial charge in [0.1, 0.15) is 0 Å². The molecular weight excluding hydrogens is 226 g/mol. The molecule has 0 atom stereocenters. The fourth-order valence-corrected chi connectivity index (χ4v) is 1.73. The third-order valence-electron chi connectivity index (χ3n) is 2.69. The molecule has 1 heterocycles. The van der Waals surface area contributed by atoms with Gasteiger partial charge in [0.2, 0.25) is 0 Å². The molecule has 1 aliphatic heterocycles. The largest absolute Gasteiger partial charge is 0.397 e. The number of anilines is 2. The first-order valence-corrected chi connectivity index (χ1v) is 5.79. The third-order valence-corrected chi connectivity index (χ3v) is 2.69. The van der Waals surface area contributed by atoms with E-state index in [4.69, 9.17) is 5.73 Å². The highest BCUT2D eigenvalue weighted by Crippen LogP contribution is 2.27. The topological polar surface area (TPSA) is 66.0 Å². The van der Waals surface area contributed by atoms with Crippen LogP contribution in [0.4, 0.5) is 17.1 Å². The fraction of sp³-hybridized carbons (Fsp3) is 0.231. The monoisotopic (exact) mass is 243 g/mol. The Morgan fingerprint density at radius 2 is 2.39 bits per heavy atom. The van der Waals surface area contributed by atoms with Crippen molar-refractivity contribution in [2.24, 2.45) is 9.98 Å². The zero-order valence-corrected chi connectivity index (χ0v) is 10.4. The molecule has 0 aliphatic carbocycles. The Kier molecular flexibility index (Phi) is 3.62. The van der Waals surface area contributed by atoms with Crippen LogP contribution in [0.2, 0.25) is 0 Å². The number of nitrogens with zero attached hydrogens (tertiary/aromatic N) is 3. The predicted molar refractivity (Wildman–Crippen MR) is 77.9 cm³/mol. The van der Waals surface area contributed by atoms with Gasteiger partial charge in [-0.25, -0.2) is 0 Å². The zero-order chi connectivity index (χ0) is 13.0. The number of rotatable bonds is 3. The predicted octanol–water partition coefficient (Wildman–Crippen LogP) is 1.55. The van der Waals surface area contributed by atoms with Crippen molar-refractivity contribution in [3.8, 4) is 0 Å². The van der Waals surface area contributed by atoms with Crippen LogP contribution in [-0.4, -0.2) is 32.3 Å². The minimum absolute atomic E-state index is 0.635. The van der Waals surface area contributed by atoms with Gasteiger partial charge < -0.3 is 16.0 Å². The van der Waals surface area contributed by atoms with Crippen molar-refractivity contribution >= 4 is 29.2 Å². The fourth-order valence-electron chi connectivity index (χ4n) is 1.73. The van der Waals surface area contributed by atoms with Crippen LogP contribution >= 0.6 is 0 Å².